The predicted molar refractivity (Wildman–Crippen MR) is 58.8 cm³/mol. The Morgan fingerprint density at radius 1 is 1.60 bits per heavy atom. The zero-order valence-corrected chi connectivity index (χ0v) is 9.57. The van der Waals surface area contributed by atoms with E-state index in [4.69, 9.17) is 23.2 Å². The minimum Gasteiger partial charge on any atom is -0.358 e. The van der Waals surface area contributed by atoms with Crippen LogP contribution < -0.4 is 5.32 Å². The second kappa shape index (κ2) is 5.33. The number of amides is 1. The van der Waals surface area contributed by atoms with Gasteiger partial charge in [-0.05, 0) is 24.1 Å². The molecule has 1 aromatic rings. The van der Waals surface area contributed by atoms with Gasteiger partial charge in [-0.1, -0.05) is 17.7 Å². The fraction of sp³-hybridized carbons (Fsp3) is 0.300. The number of rotatable bonds is 3. The van der Waals surface area contributed by atoms with Crippen LogP contribution in [0.4, 0.5) is 4.39 Å². The summed E-state index contributed by atoms with van der Waals surface area (Å²) in [6.07, 6.45) is 0.278. The van der Waals surface area contributed by atoms with Crippen molar-refractivity contribution in [3.05, 3.63) is 34.6 Å². The van der Waals surface area contributed by atoms with E-state index in [1.165, 1.54) is 25.2 Å². The summed E-state index contributed by atoms with van der Waals surface area (Å²) in [5, 5.41) is 2.01. The van der Waals surface area contributed by atoms with Crippen molar-refractivity contribution in [1.29, 1.82) is 0 Å². The second-order valence-electron chi connectivity index (χ2n) is 3.02. The summed E-state index contributed by atoms with van der Waals surface area (Å²) in [5.74, 6) is -0.688. The van der Waals surface area contributed by atoms with Crippen LogP contribution in [0, 0.1) is 5.82 Å². The van der Waals surface area contributed by atoms with Gasteiger partial charge in [-0.3, -0.25) is 4.79 Å². The highest BCUT2D eigenvalue weighted by molar-refractivity contribution is 6.32. The van der Waals surface area contributed by atoms with Crippen molar-refractivity contribution < 1.29 is 9.18 Å². The van der Waals surface area contributed by atoms with Gasteiger partial charge >= 0.3 is 0 Å². The maximum absolute atomic E-state index is 12.7. The molecule has 5 heteroatoms. The SMILES string of the molecule is CNC(=O)C(Cl)Cc1ccc(F)cc1Cl. The van der Waals surface area contributed by atoms with Gasteiger partial charge in [0.25, 0.3) is 0 Å². The molecule has 0 aliphatic rings. The van der Waals surface area contributed by atoms with Crippen LogP contribution in [0.25, 0.3) is 0 Å². The first-order valence-corrected chi connectivity index (χ1v) is 5.15. The Kier molecular flexibility index (Phi) is 4.36. The molecular formula is C10H10Cl2FNO. The summed E-state index contributed by atoms with van der Waals surface area (Å²) >= 11 is 11.6. The van der Waals surface area contributed by atoms with Crippen molar-refractivity contribution in [2.75, 3.05) is 7.05 Å². The first-order chi connectivity index (χ1) is 7.04. The molecule has 1 atom stereocenters. The molecule has 0 spiro atoms. The van der Waals surface area contributed by atoms with Crippen LogP contribution in [0.2, 0.25) is 5.02 Å². The van der Waals surface area contributed by atoms with Crippen LogP contribution in [0.3, 0.4) is 0 Å². The molecule has 1 rings (SSSR count). The number of alkyl halides is 1. The van der Waals surface area contributed by atoms with Crippen LogP contribution in [0.1, 0.15) is 5.56 Å². The molecule has 1 aromatic carbocycles. The number of halogens is 3. The molecule has 1 N–H and O–H groups in total. The normalized spacial score (nSPS) is 12.3. The minimum absolute atomic E-state index is 0.278. The quantitative estimate of drug-likeness (QED) is 0.820. The molecule has 0 saturated carbocycles. The third-order valence-corrected chi connectivity index (χ3v) is 2.65. The lowest BCUT2D eigenvalue weighted by atomic mass is 10.1. The van der Waals surface area contributed by atoms with E-state index in [1.54, 1.807) is 0 Å². The van der Waals surface area contributed by atoms with Gasteiger partial charge in [0.1, 0.15) is 11.2 Å². The molecule has 1 unspecified atom stereocenters. The summed E-state index contributed by atoms with van der Waals surface area (Å²) < 4.78 is 12.7. The summed E-state index contributed by atoms with van der Waals surface area (Å²) in [4.78, 5) is 11.1. The molecule has 0 aliphatic carbocycles. The first-order valence-electron chi connectivity index (χ1n) is 4.34. The van der Waals surface area contributed by atoms with Crippen LogP contribution in [-0.4, -0.2) is 18.3 Å². The molecule has 15 heavy (non-hydrogen) atoms. The highest BCUT2D eigenvalue weighted by Crippen LogP contribution is 2.20. The Bertz CT molecular complexity index is 370. The van der Waals surface area contributed by atoms with E-state index >= 15 is 0 Å². The lowest BCUT2D eigenvalue weighted by Gasteiger charge is -2.09. The van der Waals surface area contributed by atoms with Gasteiger partial charge in [0.05, 0.1) is 0 Å². The third kappa shape index (κ3) is 3.36. The standard InChI is InChI=1S/C10H10Cl2FNO/c1-14-10(15)9(12)4-6-2-3-7(13)5-8(6)11/h2-3,5,9H,4H2,1H3,(H,14,15). The van der Waals surface area contributed by atoms with Crippen molar-refractivity contribution in [3.8, 4) is 0 Å². The average molecular weight is 250 g/mol. The smallest absolute Gasteiger partial charge is 0.238 e. The fourth-order valence-electron chi connectivity index (χ4n) is 1.13. The first kappa shape index (κ1) is 12.3. The van der Waals surface area contributed by atoms with Crippen molar-refractivity contribution in [2.24, 2.45) is 0 Å². The van der Waals surface area contributed by atoms with Crippen LogP contribution in [0.5, 0.6) is 0 Å². The zero-order chi connectivity index (χ0) is 11.4. The largest absolute Gasteiger partial charge is 0.358 e. The number of hydrogen-bond acceptors (Lipinski definition) is 1. The number of carbonyl (C=O) groups excluding carboxylic acids is 1. The van der Waals surface area contributed by atoms with Crippen molar-refractivity contribution in [1.82, 2.24) is 5.32 Å². The highest BCUT2D eigenvalue weighted by atomic mass is 35.5. The van der Waals surface area contributed by atoms with Crippen molar-refractivity contribution >= 4 is 29.1 Å². The molecule has 0 bridgehead atoms. The van der Waals surface area contributed by atoms with Gasteiger partial charge in [-0.25, -0.2) is 4.39 Å². The van der Waals surface area contributed by atoms with Gasteiger partial charge < -0.3 is 5.32 Å². The van der Waals surface area contributed by atoms with Crippen LogP contribution >= 0.6 is 23.2 Å². The summed E-state index contributed by atoms with van der Waals surface area (Å²) in [6.45, 7) is 0. The average Bonchev–Trinajstić information content (AvgIpc) is 2.20. The maximum Gasteiger partial charge on any atom is 0.238 e. The third-order valence-electron chi connectivity index (χ3n) is 1.95. The molecule has 0 heterocycles. The summed E-state index contributed by atoms with van der Waals surface area (Å²) in [6, 6.07) is 4.01. The van der Waals surface area contributed by atoms with E-state index in [0.29, 0.717) is 5.56 Å². The van der Waals surface area contributed by atoms with Gasteiger partial charge in [-0.15, -0.1) is 11.6 Å². The summed E-state index contributed by atoms with van der Waals surface area (Å²) in [5.41, 5.74) is 0.654. The van der Waals surface area contributed by atoms with E-state index in [9.17, 15) is 9.18 Å². The Morgan fingerprint density at radius 3 is 2.80 bits per heavy atom. The molecule has 1 amide bonds. The monoisotopic (exact) mass is 249 g/mol. The Morgan fingerprint density at radius 2 is 2.27 bits per heavy atom. The molecule has 0 saturated heterocycles. The Hall–Kier alpha value is -0.800. The number of hydrogen-bond donors (Lipinski definition) is 1. The van der Waals surface area contributed by atoms with Crippen molar-refractivity contribution in [2.45, 2.75) is 11.8 Å². The van der Waals surface area contributed by atoms with Gasteiger partial charge in [0.15, 0.2) is 0 Å². The molecule has 0 radical (unpaired) electrons. The fourth-order valence-corrected chi connectivity index (χ4v) is 1.65. The van der Waals surface area contributed by atoms with Crippen molar-refractivity contribution in [3.63, 3.8) is 0 Å². The maximum atomic E-state index is 12.7. The lowest BCUT2D eigenvalue weighted by molar-refractivity contribution is -0.120. The number of carbonyl (C=O) groups is 1. The zero-order valence-electron chi connectivity index (χ0n) is 8.06. The van der Waals surface area contributed by atoms with Crippen LogP contribution in [0.15, 0.2) is 18.2 Å². The molecule has 82 valence electrons. The van der Waals surface area contributed by atoms with E-state index in [2.05, 4.69) is 5.32 Å². The number of benzene rings is 1. The minimum atomic E-state index is -0.696. The highest BCUT2D eigenvalue weighted by Gasteiger charge is 2.15. The topological polar surface area (TPSA) is 29.1 Å². The predicted octanol–water partition coefficient (Wildman–Crippen LogP) is 2.38. The van der Waals surface area contributed by atoms with E-state index in [0.717, 1.165) is 0 Å². The van der Waals surface area contributed by atoms with Gasteiger partial charge in [-0.2, -0.15) is 0 Å². The number of nitrogens with one attached hydrogen (secondary N) is 1. The van der Waals surface area contributed by atoms with E-state index in [1.807, 2.05) is 0 Å². The molecule has 0 aromatic heterocycles. The second-order valence-corrected chi connectivity index (χ2v) is 3.96. The molecule has 0 aliphatic heterocycles. The van der Waals surface area contributed by atoms with Gasteiger partial charge in [0, 0.05) is 12.1 Å². The van der Waals surface area contributed by atoms with E-state index in [-0.39, 0.29) is 17.4 Å². The van der Waals surface area contributed by atoms with E-state index < -0.39 is 11.2 Å². The molecule has 2 nitrogen and oxygen atoms in total. The van der Waals surface area contributed by atoms with Gasteiger partial charge in [0.2, 0.25) is 5.91 Å². The lowest BCUT2D eigenvalue weighted by Crippen LogP contribution is -2.29. The Balaban J connectivity index is 2.76. The molecular weight excluding hydrogens is 240 g/mol. The Labute approximate surface area is 97.4 Å². The summed E-state index contributed by atoms with van der Waals surface area (Å²) in [7, 11) is 1.50. The molecule has 0 fully saturated rings. The van der Waals surface area contributed by atoms with Crippen LogP contribution in [-0.2, 0) is 11.2 Å².